The minimum Gasteiger partial charge on any atom is -0.284 e. The SMILES string of the molecule is N#CCCSc1nc2ccccc2c(=O)n1C1CC1. The average molecular weight is 271 g/mol. The Bertz CT molecular complexity index is 713. The molecule has 1 aliphatic rings. The van der Waals surface area contributed by atoms with E-state index in [2.05, 4.69) is 11.1 Å². The summed E-state index contributed by atoms with van der Waals surface area (Å²) in [5.41, 5.74) is 0.788. The summed E-state index contributed by atoms with van der Waals surface area (Å²) in [5, 5.41) is 10.0. The summed E-state index contributed by atoms with van der Waals surface area (Å²) in [7, 11) is 0. The van der Waals surface area contributed by atoms with Gasteiger partial charge in [-0.1, -0.05) is 23.9 Å². The lowest BCUT2D eigenvalue weighted by Gasteiger charge is -2.11. The van der Waals surface area contributed by atoms with Crippen molar-refractivity contribution in [2.45, 2.75) is 30.5 Å². The third-order valence-electron chi connectivity index (χ3n) is 3.13. The van der Waals surface area contributed by atoms with Gasteiger partial charge in [0.15, 0.2) is 5.16 Å². The highest BCUT2D eigenvalue weighted by Crippen LogP contribution is 2.36. The van der Waals surface area contributed by atoms with Crippen LogP contribution in [-0.2, 0) is 0 Å². The zero-order valence-electron chi connectivity index (χ0n) is 10.4. The van der Waals surface area contributed by atoms with Crippen LogP contribution in [0.4, 0.5) is 0 Å². The van der Waals surface area contributed by atoms with E-state index in [1.165, 1.54) is 11.8 Å². The van der Waals surface area contributed by atoms with Crippen LogP contribution >= 0.6 is 11.8 Å². The van der Waals surface area contributed by atoms with Crippen LogP contribution in [0.1, 0.15) is 25.3 Å². The summed E-state index contributed by atoms with van der Waals surface area (Å²) in [5.74, 6) is 0.675. The Labute approximate surface area is 115 Å². The number of para-hydroxylation sites is 1. The van der Waals surface area contributed by atoms with Crippen molar-refractivity contribution in [1.82, 2.24) is 9.55 Å². The van der Waals surface area contributed by atoms with Crippen LogP contribution in [0, 0.1) is 11.3 Å². The van der Waals surface area contributed by atoms with Crippen molar-refractivity contribution < 1.29 is 0 Å². The van der Waals surface area contributed by atoms with Gasteiger partial charge >= 0.3 is 0 Å². The van der Waals surface area contributed by atoms with E-state index in [4.69, 9.17) is 5.26 Å². The van der Waals surface area contributed by atoms with Crippen LogP contribution in [0.2, 0.25) is 0 Å². The van der Waals surface area contributed by atoms with Crippen LogP contribution in [0.3, 0.4) is 0 Å². The van der Waals surface area contributed by atoms with E-state index < -0.39 is 0 Å². The molecular formula is C14H13N3OS. The van der Waals surface area contributed by atoms with Gasteiger partial charge in [-0.05, 0) is 25.0 Å². The zero-order chi connectivity index (χ0) is 13.2. The van der Waals surface area contributed by atoms with Gasteiger partial charge in [0.2, 0.25) is 0 Å². The maximum atomic E-state index is 12.5. The Morgan fingerprint density at radius 2 is 2.21 bits per heavy atom. The highest BCUT2D eigenvalue weighted by molar-refractivity contribution is 7.99. The molecular weight excluding hydrogens is 258 g/mol. The van der Waals surface area contributed by atoms with E-state index in [1.807, 2.05) is 28.8 Å². The lowest BCUT2D eigenvalue weighted by atomic mass is 10.2. The normalized spacial score (nSPS) is 14.5. The van der Waals surface area contributed by atoms with Gasteiger partial charge in [-0.15, -0.1) is 0 Å². The molecule has 0 unspecified atom stereocenters. The monoisotopic (exact) mass is 271 g/mol. The minimum atomic E-state index is 0.0487. The molecule has 1 aromatic carbocycles. The van der Waals surface area contributed by atoms with Gasteiger partial charge in [0.25, 0.3) is 5.56 Å². The Hall–Kier alpha value is -1.80. The van der Waals surface area contributed by atoms with Crippen molar-refractivity contribution in [3.05, 3.63) is 34.6 Å². The molecule has 1 aliphatic carbocycles. The number of benzene rings is 1. The van der Waals surface area contributed by atoms with Gasteiger partial charge < -0.3 is 0 Å². The fraction of sp³-hybridized carbons (Fsp3) is 0.357. The van der Waals surface area contributed by atoms with E-state index in [0.29, 0.717) is 23.6 Å². The Morgan fingerprint density at radius 1 is 1.42 bits per heavy atom. The van der Waals surface area contributed by atoms with Gasteiger partial charge in [0, 0.05) is 18.2 Å². The number of nitriles is 1. The first-order valence-electron chi connectivity index (χ1n) is 6.32. The number of hydrogen-bond donors (Lipinski definition) is 0. The molecule has 0 spiro atoms. The van der Waals surface area contributed by atoms with Crippen molar-refractivity contribution in [2.24, 2.45) is 0 Å². The summed E-state index contributed by atoms with van der Waals surface area (Å²) >= 11 is 1.50. The molecule has 0 aliphatic heterocycles. The smallest absolute Gasteiger partial charge is 0.262 e. The first kappa shape index (κ1) is 12.2. The Kier molecular flexibility index (Phi) is 3.26. The van der Waals surface area contributed by atoms with Gasteiger partial charge in [-0.25, -0.2) is 4.98 Å². The molecule has 0 radical (unpaired) electrons. The van der Waals surface area contributed by atoms with Crippen LogP contribution < -0.4 is 5.56 Å². The number of hydrogen-bond acceptors (Lipinski definition) is 4. The third-order valence-corrected chi connectivity index (χ3v) is 4.09. The maximum Gasteiger partial charge on any atom is 0.262 e. The molecule has 1 saturated carbocycles. The molecule has 3 rings (SSSR count). The molecule has 19 heavy (non-hydrogen) atoms. The predicted octanol–water partition coefficient (Wildman–Crippen LogP) is 2.74. The molecule has 0 N–H and O–H groups in total. The van der Waals surface area contributed by atoms with Crippen molar-refractivity contribution in [3.8, 4) is 6.07 Å². The summed E-state index contributed by atoms with van der Waals surface area (Å²) in [6.45, 7) is 0. The fourth-order valence-corrected chi connectivity index (χ4v) is 2.98. The largest absolute Gasteiger partial charge is 0.284 e. The predicted molar refractivity (Wildman–Crippen MR) is 75.2 cm³/mol. The molecule has 96 valence electrons. The third kappa shape index (κ3) is 2.36. The minimum absolute atomic E-state index is 0.0487. The number of nitrogens with zero attached hydrogens (tertiary/aromatic N) is 3. The van der Waals surface area contributed by atoms with E-state index in [0.717, 1.165) is 23.5 Å². The summed E-state index contributed by atoms with van der Waals surface area (Å²) in [6, 6.07) is 9.86. The number of aromatic nitrogens is 2. The standard InChI is InChI=1S/C14H13N3OS/c15-8-3-9-19-14-16-12-5-2-1-4-11(12)13(18)17(14)10-6-7-10/h1-2,4-5,10H,3,6-7,9H2. The van der Waals surface area contributed by atoms with Gasteiger partial charge in [-0.2, -0.15) is 5.26 Å². The second-order valence-corrected chi connectivity index (χ2v) is 5.64. The molecule has 1 aromatic heterocycles. The zero-order valence-corrected chi connectivity index (χ0v) is 11.2. The molecule has 0 amide bonds. The van der Waals surface area contributed by atoms with Crippen LogP contribution in [0.15, 0.2) is 34.2 Å². The lowest BCUT2D eigenvalue weighted by Crippen LogP contribution is -2.22. The van der Waals surface area contributed by atoms with Gasteiger partial charge in [0.05, 0.1) is 17.0 Å². The number of rotatable bonds is 4. The molecule has 2 aromatic rings. The Balaban J connectivity index is 2.10. The van der Waals surface area contributed by atoms with Gasteiger partial charge in [-0.3, -0.25) is 9.36 Å². The van der Waals surface area contributed by atoms with E-state index >= 15 is 0 Å². The molecule has 0 atom stereocenters. The first-order valence-corrected chi connectivity index (χ1v) is 7.31. The van der Waals surface area contributed by atoms with Crippen LogP contribution in [0.25, 0.3) is 10.9 Å². The molecule has 1 heterocycles. The molecule has 0 saturated heterocycles. The van der Waals surface area contributed by atoms with E-state index in [1.54, 1.807) is 0 Å². The average Bonchev–Trinajstić information content (AvgIpc) is 3.24. The maximum absolute atomic E-state index is 12.5. The topological polar surface area (TPSA) is 58.7 Å². The fourth-order valence-electron chi connectivity index (χ4n) is 2.07. The Morgan fingerprint density at radius 3 is 2.95 bits per heavy atom. The van der Waals surface area contributed by atoms with Crippen molar-refractivity contribution in [1.29, 1.82) is 5.26 Å². The number of fused-ring (bicyclic) bond motifs is 1. The van der Waals surface area contributed by atoms with Crippen LogP contribution in [0.5, 0.6) is 0 Å². The quantitative estimate of drug-likeness (QED) is 0.487. The second-order valence-electron chi connectivity index (χ2n) is 4.57. The molecule has 1 fully saturated rings. The molecule has 4 nitrogen and oxygen atoms in total. The summed E-state index contributed by atoms with van der Waals surface area (Å²) < 4.78 is 1.81. The highest BCUT2D eigenvalue weighted by Gasteiger charge is 2.28. The van der Waals surface area contributed by atoms with Crippen LogP contribution in [-0.4, -0.2) is 15.3 Å². The van der Waals surface area contributed by atoms with Crippen molar-refractivity contribution >= 4 is 22.7 Å². The van der Waals surface area contributed by atoms with Crippen molar-refractivity contribution in [2.75, 3.05) is 5.75 Å². The van der Waals surface area contributed by atoms with Gasteiger partial charge in [0.1, 0.15) is 0 Å². The van der Waals surface area contributed by atoms with Crippen molar-refractivity contribution in [3.63, 3.8) is 0 Å². The lowest BCUT2D eigenvalue weighted by molar-refractivity contribution is 0.618. The number of thioether (sulfide) groups is 1. The highest BCUT2D eigenvalue weighted by atomic mass is 32.2. The summed E-state index contributed by atoms with van der Waals surface area (Å²) in [6.07, 6.45) is 2.56. The van der Waals surface area contributed by atoms with E-state index in [-0.39, 0.29) is 5.56 Å². The van der Waals surface area contributed by atoms with E-state index in [9.17, 15) is 4.79 Å². The first-order chi connectivity index (χ1) is 9.31. The molecule has 0 bridgehead atoms. The second kappa shape index (κ2) is 5.06. The molecule has 5 heteroatoms. The summed E-state index contributed by atoms with van der Waals surface area (Å²) in [4.78, 5) is 17.1.